The molecule has 65 heavy (non-hydrogen) atoms. The third-order valence-corrected chi connectivity index (χ3v) is 8.85. The molecule has 0 bridgehead atoms. The third-order valence-electron chi connectivity index (χ3n) is 8.85. The van der Waals surface area contributed by atoms with E-state index in [0.717, 1.165) is 32.8 Å². The molecule has 9 rings (SSSR count). The van der Waals surface area contributed by atoms with E-state index in [4.69, 9.17) is 25.6 Å². The zero-order valence-corrected chi connectivity index (χ0v) is 36.5. The topological polar surface area (TPSA) is 254 Å². The molecule has 5 heterocycles. The van der Waals surface area contributed by atoms with Crippen molar-refractivity contribution in [1.29, 1.82) is 10.5 Å². The minimum atomic E-state index is -1.04. The summed E-state index contributed by atoms with van der Waals surface area (Å²) in [5, 5.41) is 48.0. The maximum atomic E-state index is 10.8. The molecule has 318 valence electrons. The molecule has 19 heteroatoms. The largest absolute Gasteiger partial charge is 2.00 e. The van der Waals surface area contributed by atoms with E-state index >= 15 is 0 Å². The molecule has 0 saturated heterocycles. The fourth-order valence-corrected chi connectivity index (χ4v) is 6.09. The van der Waals surface area contributed by atoms with Gasteiger partial charge >= 0.3 is 25.4 Å². The van der Waals surface area contributed by atoms with E-state index in [1.165, 1.54) is 47.5 Å². The second-order valence-corrected chi connectivity index (χ2v) is 13.1. The summed E-state index contributed by atoms with van der Waals surface area (Å²) in [6.45, 7) is 0.306. The fourth-order valence-electron chi connectivity index (χ4n) is 6.09. The number of carboxylic acid groups (broad SMARTS) is 1. The van der Waals surface area contributed by atoms with Gasteiger partial charge in [0.25, 0.3) is 6.47 Å². The van der Waals surface area contributed by atoms with Crippen LogP contribution in [0.2, 0.25) is 0 Å². The first kappa shape index (κ1) is 47.6. The van der Waals surface area contributed by atoms with Gasteiger partial charge < -0.3 is 45.3 Å². The molecule has 0 saturated carbocycles. The predicted octanol–water partition coefficient (Wildman–Crippen LogP) is 8.20. The molecule has 5 aromatic heterocycles. The Morgan fingerprint density at radius 1 is 0.615 bits per heavy atom. The number of fused-ring (bicyclic) bond motifs is 7. The summed E-state index contributed by atoms with van der Waals surface area (Å²) in [6.07, 6.45) is 9.50. The fraction of sp³-hybridized carbons (Fsp3) is 0. The normalized spacial score (nSPS) is 10.3. The van der Waals surface area contributed by atoms with Crippen molar-refractivity contribution in [3.8, 4) is 39.4 Å². The molecule has 0 fully saturated rings. The van der Waals surface area contributed by atoms with Gasteiger partial charge in [0.1, 0.15) is 17.2 Å². The number of ether oxygens (including phenoxy) is 1. The summed E-state index contributed by atoms with van der Waals surface area (Å²) < 4.78 is 4.68. The number of carboxylic acids is 1. The smallest absolute Gasteiger partial charge is 0.696 e. The zero-order valence-electron chi connectivity index (χ0n) is 33.1. The van der Waals surface area contributed by atoms with E-state index < -0.39 is 5.97 Å². The van der Waals surface area contributed by atoms with Gasteiger partial charge in [-0.2, -0.15) is 0 Å². The van der Waals surface area contributed by atoms with Crippen molar-refractivity contribution in [1.82, 2.24) is 29.9 Å². The van der Waals surface area contributed by atoms with Gasteiger partial charge in [0.05, 0.1) is 61.4 Å². The average molecular weight is 982 g/mol. The second-order valence-electron chi connectivity index (χ2n) is 12.7. The number of carbonyl (C=O) groups is 2. The zero-order chi connectivity index (χ0) is 45.4. The van der Waals surface area contributed by atoms with Crippen molar-refractivity contribution in [2.24, 2.45) is 9.98 Å². The number of hydrogen-bond acceptors (Lipinski definition) is 17. The number of phenolic OH excluding ortho intramolecular Hbond substituents is 2. The molecular formula is C46H28N10O6RuS2. The molecule has 0 unspecified atom stereocenters. The van der Waals surface area contributed by atoms with Crippen LogP contribution in [0.1, 0.15) is 21.5 Å². The molecule has 3 N–H and O–H groups in total. The van der Waals surface area contributed by atoms with Gasteiger partial charge in [-0.3, -0.25) is 34.7 Å². The van der Waals surface area contributed by atoms with E-state index in [0.29, 0.717) is 57.1 Å². The first-order valence-corrected chi connectivity index (χ1v) is 19.2. The maximum absolute atomic E-state index is 10.8. The number of para-hydroxylation sites is 2. The Hall–Kier alpha value is -8.48. The van der Waals surface area contributed by atoms with Crippen LogP contribution in [0.15, 0.2) is 144 Å². The summed E-state index contributed by atoms with van der Waals surface area (Å²) in [7, 11) is 0. The van der Waals surface area contributed by atoms with E-state index in [9.17, 15) is 19.8 Å². The Bertz CT molecular complexity index is 3160. The standard InChI is InChI=1S/C32H20N6O2.C12H8N2O4.2CHNS.Ru/c39-27-11-3-1-7-19(27)17-35-23-15-25-26(16-24(23)36-18-20-8-2-4-12-28(20)40)38-32-22-10-6-14-34-30(22)29-21(31(32)37-25)9-5-13-33-29;15-7-18-9-2-4-14-11(6-9)10-5-8(12(16)17)1-3-13-10;2*2-1-3;/h1-18,39-40H;1-7H,(H,16,17);2*3H;/q;;;;+2/p-2. The molecule has 9 aromatic rings. The number of rotatable bonds is 8. The molecule has 0 aliphatic rings. The number of nitrogens with zero attached hydrogens (tertiary/aromatic N) is 10. The molecule has 0 spiro atoms. The number of aromatic carboxylic acids is 1. The Labute approximate surface area is 393 Å². The number of phenols is 2. The van der Waals surface area contributed by atoms with Crippen molar-refractivity contribution in [3.05, 3.63) is 151 Å². The molecule has 4 aromatic carbocycles. The Morgan fingerprint density at radius 3 is 1.54 bits per heavy atom. The summed E-state index contributed by atoms with van der Waals surface area (Å²) in [5.74, 6) is -0.482. The van der Waals surface area contributed by atoms with E-state index in [1.54, 1.807) is 61.2 Å². The molecule has 0 aliphatic carbocycles. The van der Waals surface area contributed by atoms with Gasteiger partial charge in [0.2, 0.25) is 0 Å². The number of thiocyanates is 2. The number of carbonyl (C=O) groups excluding carboxylic acids is 1. The van der Waals surface area contributed by atoms with Gasteiger partial charge in [-0.05, 0) is 78.9 Å². The SMILES string of the molecule is N#C[S-].N#C[S-].O=COc1ccnc(-c2cc(C(=O)O)ccn2)c1.Oc1ccccc1C=Nc1cc2nc3c4cccnc4c4ncccc4c3nc2cc1N=Cc1ccccc1O.[Ru+2]. The van der Waals surface area contributed by atoms with E-state index in [1.807, 2.05) is 48.5 Å². The number of aliphatic imine (C=N–C) groups is 2. The third kappa shape index (κ3) is 11.7. The number of aromatic hydroxyl groups is 2. The Balaban J connectivity index is 0.000000266. The van der Waals surface area contributed by atoms with Gasteiger partial charge in [-0.15, -0.1) is 0 Å². The minimum absolute atomic E-state index is 0. The van der Waals surface area contributed by atoms with E-state index in [2.05, 4.69) is 59.9 Å². The maximum Gasteiger partial charge on any atom is 2.00 e. The Kier molecular flexibility index (Phi) is 16.9. The van der Waals surface area contributed by atoms with Crippen LogP contribution in [0.5, 0.6) is 17.2 Å². The summed E-state index contributed by atoms with van der Waals surface area (Å²) in [6, 6.07) is 31.1. The van der Waals surface area contributed by atoms with E-state index in [-0.39, 0.29) is 36.5 Å². The average Bonchev–Trinajstić information content (AvgIpc) is 3.31. The van der Waals surface area contributed by atoms with Crippen molar-refractivity contribution in [2.45, 2.75) is 0 Å². The molecule has 0 amide bonds. The van der Waals surface area contributed by atoms with Crippen LogP contribution in [0.3, 0.4) is 0 Å². The van der Waals surface area contributed by atoms with Crippen LogP contribution >= 0.6 is 0 Å². The predicted molar refractivity (Wildman–Crippen MR) is 245 cm³/mol. The molecule has 16 nitrogen and oxygen atoms in total. The Morgan fingerprint density at radius 2 is 1.08 bits per heavy atom. The van der Waals surface area contributed by atoms with Crippen LogP contribution in [-0.4, -0.2) is 70.1 Å². The van der Waals surface area contributed by atoms with Crippen molar-refractivity contribution in [3.63, 3.8) is 0 Å². The number of hydrogen-bond donors (Lipinski definition) is 3. The van der Waals surface area contributed by atoms with Crippen LogP contribution in [0.25, 0.3) is 55.3 Å². The van der Waals surface area contributed by atoms with Gasteiger partial charge in [-0.25, -0.2) is 25.3 Å². The monoisotopic (exact) mass is 982 g/mol. The molecule has 0 radical (unpaired) electrons. The minimum Gasteiger partial charge on any atom is -0.696 e. The van der Waals surface area contributed by atoms with Crippen LogP contribution < -0.4 is 4.74 Å². The van der Waals surface area contributed by atoms with Crippen LogP contribution in [0.4, 0.5) is 11.4 Å². The second kappa shape index (κ2) is 23.1. The van der Waals surface area contributed by atoms with Gasteiger partial charge in [0.15, 0.2) is 0 Å². The van der Waals surface area contributed by atoms with Gasteiger partial charge in [0, 0.05) is 65.2 Å². The van der Waals surface area contributed by atoms with Crippen molar-refractivity contribution >= 4 is 105 Å². The summed E-state index contributed by atoms with van der Waals surface area (Å²) in [5.41, 5.74) is 7.36. The van der Waals surface area contributed by atoms with Crippen molar-refractivity contribution in [2.75, 3.05) is 0 Å². The first-order chi connectivity index (χ1) is 31.2. The van der Waals surface area contributed by atoms with Crippen LogP contribution in [0, 0.1) is 21.3 Å². The molecule has 0 aliphatic heterocycles. The molecular weight excluding hydrogens is 954 g/mol. The molecule has 0 atom stereocenters. The quantitative estimate of drug-likeness (QED) is 0.0247. The van der Waals surface area contributed by atoms with Crippen LogP contribution in [-0.2, 0) is 49.5 Å². The van der Waals surface area contributed by atoms with Crippen molar-refractivity contribution < 1.29 is 49.1 Å². The first-order valence-electron chi connectivity index (χ1n) is 18.4. The summed E-state index contributed by atoms with van der Waals surface area (Å²) >= 11 is 7.40. The summed E-state index contributed by atoms with van der Waals surface area (Å²) in [4.78, 5) is 57.7. The number of pyridine rings is 4. The number of benzene rings is 4. The van der Waals surface area contributed by atoms with Gasteiger partial charge in [-0.1, -0.05) is 35.1 Å². The number of aromatic nitrogens is 6. The number of nitriles is 2.